The van der Waals surface area contributed by atoms with Crippen molar-refractivity contribution < 1.29 is 22.9 Å². The van der Waals surface area contributed by atoms with Gasteiger partial charge in [0.05, 0.1) is 10.0 Å². The topological polar surface area (TPSA) is 44.7 Å². The summed E-state index contributed by atoms with van der Waals surface area (Å²) in [6, 6.07) is 4.80. The average Bonchev–Trinajstić information content (AvgIpc) is 2.08. The van der Waals surface area contributed by atoms with E-state index in [0.29, 0.717) is 15.6 Å². The van der Waals surface area contributed by atoms with Crippen molar-refractivity contribution in [3.05, 3.63) is 33.8 Å². The van der Waals surface area contributed by atoms with E-state index >= 15 is 0 Å². The molecule has 1 rings (SSSR count). The maximum absolute atomic E-state index is 11.1. The predicted molar refractivity (Wildman–Crippen MR) is 48.5 cm³/mol. The van der Waals surface area contributed by atoms with Gasteiger partial charge in [0.2, 0.25) is 5.78 Å². The second kappa shape index (κ2) is 5.45. The number of quaternary nitrogens is 1. The molecule has 13 heavy (non-hydrogen) atoms. The molecule has 0 amide bonds. The van der Waals surface area contributed by atoms with Crippen LogP contribution in [-0.2, 0) is 0 Å². The Morgan fingerprint density at radius 3 is 2.38 bits per heavy atom. The summed E-state index contributed by atoms with van der Waals surface area (Å²) in [5.41, 5.74) is 4.04. The van der Waals surface area contributed by atoms with Gasteiger partial charge in [0.25, 0.3) is 0 Å². The summed E-state index contributed by atoms with van der Waals surface area (Å²) in [5, 5.41) is 0.855. The zero-order valence-corrected chi connectivity index (χ0v) is 8.96. The Morgan fingerprint density at radius 2 is 1.92 bits per heavy atom. The maximum atomic E-state index is 11.1. The van der Waals surface area contributed by atoms with Crippen LogP contribution in [0.1, 0.15) is 10.4 Å². The smallest absolute Gasteiger partial charge is 0.216 e. The quantitative estimate of drug-likeness (QED) is 0.623. The molecule has 0 fully saturated rings. The number of hydrogen-bond donors (Lipinski definition) is 1. The predicted octanol–water partition coefficient (Wildman–Crippen LogP) is -1.58. The van der Waals surface area contributed by atoms with E-state index in [9.17, 15) is 4.79 Å². The van der Waals surface area contributed by atoms with Crippen LogP contribution in [0, 0.1) is 0 Å². The number of rotatable bonds is 2. The monoisotopic (exact) mass is 239 g/mol. The van der Waals surface area contributed by atoms with Crippen LogP contribution in [0.25, 0.3) is 0 Å². The second-order valence-electron chi connectivity index (χ2n) is 2.30. The minimum Gasteiger partial charge on any atom is -1.00 e. The standard InChI is InChI=1S/C8H7Cl2NO.ClH/c9-6-2-1-5(3-7(6)10)8(12)4-11;/h1-3H,4,11H2;1H. The molecule has 0 saturated carbocycles. The zero-order chi connectivity index (χ0) is 9.14. The highest BCUT2D eigenvalue weighted by Gasteiger charge is 2.06. The summed E-state index contributed by atoms with van der Waals surface area (Å²) in [5.74, 6) is -0.0337. The summed E-state index contributed by atoms with van der Waals surface area (Å²) in [7, 11) is 0. The Morgan fingerprint density at radius 1 is 1.31 bits per heavy atom. The van der Waals surface area contributed by atoms with Crippen LogP contribution < -0.4 is 18.1 Å². The van der Waals surface area contributed by atoms with Gasteiger partial charge < -0.3 is 18.1 Å². The van der Waals surface area contributed by atoms with Crippen molar-refractivity contribution in [3.8, 4) is 0 Å². The van der Waals surface area contributed by atoms with Crippen LogP contribution in [0.5, 0.6) is 0 Å². The van der Waals surface area contributed by atoms with Crippen molar-refractivity contribution in [3.63, 3.8) is 0 Å². The summed E-state index contributed by atoms with van der Waals surface area (Å²) < 4.78 is 0. The van der Waals surface area contributed by atoms with Crippen LogP contribution in [0.2, 0.25) is 10.0 Å². The summed E-state index contributed by atoms with van der Waals surface area (Å²) in [6.45, 7) is 0.234. The lowest BCUT2D eigenvalue weighted by atomic mass is 10.1. The van der Waals surface area contributed by atoms with Crippen molar-refractivity contribution in [2.24, 2.45) is 0 Å². The number of carbonyl (C=O) groups is 1. The Kier molecular flexibility index (Phi) is 5.33. The van der Waals surface area contributed by atoms with E-state index in [0.717, 1.165) is 0 Å². The highest BCUT2D eigenvalue weighted by Crippen LogP contribution is 2.22. The van der Waals surface area contributed by atoms with E-state index in [-0.39, 0.29) is 24.7 Å². The largest absolute Gasteiger partial charge is 1.00 e. The number of hydrogen-bond acceptors (Lipinski definition) is 1. The van der Waals surface area contributed by atoms with Crippen molar-refractivity contribution >= 4 is 29.0 Å². The fraction of sp³-hybridized carbons (Fsp3) is 0.125. The molecule has 0 aliphatic heterocycles. The van der Waals surface area contributed by atoms with E-state index < -0.39 is 0 Å². The molecular weight excluding hydrogens is 232 g/mol. The normalized spacial score (nSPS) is 9.15. The van der Waals surface area contributed by atoms with Gasteiger partial charge in [-0.2, -0.15) is 0 Å². The molecule has 0 aliphatic rings. The lowest BCUT2D eigenvalue weighted by Crippen LogP contribution is -3.00. The highest BCUT2D eigenvalue weighted by atomic mass is 35.5. The highest BCUT2D eigenvalue weighted by molar-refractivity contribution is 6.42. The third-order valence-electron chi connectivity index (χ3n) is 1.47. The molecule has 2 nitrogen and oxygen atoms in total. The first-order chi connectivity index (χ1) is 5.65. The number of benzene rings is 1. The summed E-state index contributed by atoms with van der Waals surface area (Å²) in [4.78, 5) is 11.1. The van der Waals surface area contributed by atoms with Gasteiger partial charge in [0.1, 0.15) is 6.54 Å². The molecule has 0 radical (unpaired) electrons. The lowest BCUT2D eigenvalue weighted by molar-refractivity contribution is -0.349. The van der Waals surface area contributed by atoms with Gasteiger partial charge in [-0.1, -0.05) is 23.2 Å². The van der Waals surface area contributed by atoms with Gasteiger partial charge in [-0.05, 0) is 18.2 Å². The molecule has 0 saturated heterocycles. The van der Waals surface area contributed by atoms with E-state index in [2.05, 4.69) is 5.73 Å². The maximum Gasteiger partial charge on any atom is 0.216 e. The first-order valence-corrected chi connectivity index (χ1v) is 4.18. The Balaban J connectivity index is 0.00000144. The zero-order valence-electron chi connectivity index (χ0n) is 6.69. The fourth-order valence-corrected chi connectivity index (χ4v) is 1.11. The first kappa shape index (κ1) is 12.7. The van der Waals surface area contributed by atoms with Crippen LogP contribution in [0.4, 0.5) is 0 Å². The van der Waals surface area contributed by atoms with Gasteiger partial charge in [0, 0.05) is 5.56 Å². The first-order valence-electron chi connectivity index (χ1n) is 3.42. The third kappa shape index (κ3) is 3.16. The van der Waals surface area contributed by atoms with Crippen LogP contribution in [0.3, 0.4) is 0 Å². The molecule has 5 heteroatoms. The Hall–Kier alpha value is -0.280. The molecule has 0 spiro atoms. The Labute approximate surface area is 92.4 Å². The van der Waals surface area contributed by atoms with Gasteiger partial charge in [0.15, 0.2) is 0 Å². The number of halogens is 3. The molecule has 0 aromatic heterocycles. The van der Waals surface area contributed by atoms with E-state index in [1.54, 1.807) is 18.2 Å². The van der Waals surface area contributed by atoms with Gasteiger partial charge in [-0.15, -0.1) is 0 Å². The average molecular weight is 241 g/mol. The Bertz CT molecular complexity index is 314. The van der Waals surface area contributed by atoms with Gasteiger partial charge >= 0.3 is 0 Å². The number of carbonyl (C=O) groups excluding carboxylic acids is 1. The number of Topliss-reactive ketones (excluding diaryl/α,β-unsaturated/α-hetero) is 1. The van der Waals surface area contributed by atoms with E-state index in [4.69, 9.17) is 23.2 Å². The van der Waals surface area contributed by atoms with Crippen molar-refractivity contribution in [2.45, 2.75) is 0 Å². The van der Waals surface area contributed by atoms with Gasteiger partial charge in [-0.25, -0.2) is 0 Å². The molecule has 0 atom stereocenters. The molecule has 0 unspecified atom stereocenters. The minimum absolute atomic E-state index is 0. The summed E-state index contributed by atoms with van der Waals surface area (Å²) in [6.07, 6.45) is 0. The fourth-order valence-electron chi connectivity index (χ4n) is 0.814. The summed E-state index contributed by atoms with van der Waals surface area (Å²) >= 11 is 11.4. The van der Waals surface area contributed by atoms with Crippen molar-refractivity contribution in [1.29, 1.82) is 0 Å². The molecule has 1 aromatic rings. The molecule has 0 aliphatic carbocycles. The third-order valence-corrected chi connectivity index (χ3v) is 2.21. The molecular formula is C8H8Cl3NO. The minimum atomic E-state index is -0.0337. The van der Waals surface area contributed by atoms with Crippen LogP contribution >= 0.6 is 23.2 Å². The van der Waals surface area contributed by atoms with Crippen LogP contribution in [-0.4, -0.2) is 12.3 Å². The van der Waals surface area contributed by atoms with Crippen molar-refractivity contribution in [1.82, 2.24) is 0 Å². The van der Waals surface area contributed by atoms with Gasteiger partial charge in [-0.3, -0.25) is 4.79 Å². The number of ketones is 1. The molecule has 0 heterocycles. The second-order valence-corrected chi connectivity index (χ2v) is 3.12. The molecule has 72 valence electrons. The van der Waals surface area contributed by atoms with E-state index in [1.165, 1.54) is 0 Å². The van der Waals surface area contributed by atoms with Crippen LogP contribution in [0.15, 0.2) is 18.2 Å². The lowest BCUT2D eigenvalue weighted by Gasteiger charge is -1.98. The van der Waals surface area contributed by atoms with E-state index in [1.807, 2.05) is 0 Å². The van der Waals surface area contributed by atoms with Crippen molar-refractivity contribution in [2.75, 3.05) is 6.54 Å². The molecule has 3 N–H and O–H groups in total. The molecule has 0 bridgehead atoms. The molecule has 1 aromatic carbocycles. The SMILES string of the molecule is [Cl-].[NH3+]CC(=O)c1ccc(Cl)c(Cl)c1.